The second-order valence-electron chi connectivity index (χ2n) is 14.6. The molecule has 4 aliphatic rings. The molecule has 7 rings (SSSR count). The van der Waals surface area contributed by atoms with Crippen LogP contribution in [0.15, 0.2) is 103 Å². The first-order valence-electron chi connectivity index (χ1n) is 19.4. The van der Waals surface area contributed by atoms with Crippen molar-refractivity contribution >= 4 is 23.9 Å². The average Bonchev–Trinajstić information content (AvgIpc) is 3.92. The molecular weight excluding hydrogens is 752 g/mol. The minimum Gasteiger partial charge on any atom is -0.456 e. The number of likely N-dealkylation sites (tertiary alicyclic amines) is 1. The van der Waals surface area contributed by atoms with E-state index < -0.39 is 73.4 Å². The van der Waals surface area contributed by atoms with Crippen LogP contribution >= 0.6 is 0 Å². The summed E-state index contributed by atoms with van der Waals surface area (Å²) in [6, 6.07) is 24.7. The lowest BCUT2D eigenvalue weighted by molar-refractivity contribution is -0.298. The quantitative estimate of drug-likeness (QED) is 0.134. The zero-order valence-corrected chi connectivity index (χ0v) is 31.6. The van der Waals surface area contributed by atoms with Crippen LogP contribution in [0.5, 0.6) is 0 Å². The van der Waals surface area contributed by atoms with Crippen molar-refractivity contribution in [2.75, 3.05) is 32.9 Å². The van der Waals surface area contributed by atoms with Gasteiger partial charge in [0.05, 0.1) is 25.4 Å². The van der Waals surface area contributed by atoms with Gasteiger partial charge in [-0.25, -0.2) is 4.79 Å². The molecule has 0 saturated carbocycles. The first-order valence-corrected chi connectivity index (χ1v) is 19.4. The van der Waals surface area contributed by atoms with Gasteiger partial charge in [-0.3, -0.25) is 9.59 Å². The maximum absolute atomic E-state index is 14.2. The summed E-state index contributed by atoms with van der Waals surface area (Å²) in [5, 5.41) is 51.5. The summed E-state index contributed by atoms with van der Waals surface area (Å²) < 4.78 is 30.7. The van der Waals surface area contributed by atoms with Crippen LogP contribution in [0.4, 0.5) is 0 Å². The van der Waals surface area contributed by atoms with Gasteiger partial charge in [-0.1, -0.05) is 84.9 Å². The van der Waals surface area contributed by atoms with Crippen LogP contribution in [0.3, 0.4) is 0 Å². The molecule has 15 nitrogen and oxygen atoms in total. The Kier molecular flexibility index (Phi) is 13.1. The Morgan fingerprint density at radius 3 is 2.22 bits per heavy atom. The average molecular weight is 801 g/mol. The highest BCUT2D eigenvalue weighted by Crippen LogP contribution is 2.47. The molecule has 0 radical (unpaired) electrons. The van der Waals surface area contributed by atoms with Crippen LogP contribution in [0.25, 0.3) is 6.08 Å². The van der Waals surface area contributed by atoms with Crippen molar-refractivity contribution in [3.8, 4) is 0 Å². The number of carbonyl (C=O) groups is 3. The van der Waals surface area contributed by atoms with E-state index in [2.05, 4.69) is 5.32 Å². The van der Waals surface area contributed by atoms with E-state index in [1.165, 1.54) is 4.90 Å². The summed E-state index contributed by atoms with van der Waals surface area (Å²) in [4.78, 5) is 42.5. The highest BCUT2D eigenvalue weighted by Gasteiger charge is 2.55. The fourth-order valence-corrected chi connectivity index (χ4v) is 7.82. The van der Waals surface area contributed by atoms with Gasteiger partial charge in [0.25, 0.3) is 0 Å². The lowest BCUT2D eigenvalue weighted by atomic mass is 9.91. The van der Waals surface area contributed by atoms with Crippen LogP contribution in [-0.4, -0.2) is 136 Å². The van der Waals surface area contributed by atoms with Crippen molar-refractivity contribution in [3.63, 3.8) is 0 Å². The summed E-state index contributed by atoms with van der Waals surface area (Å²) >= 11 is 0. The van der Waals surface area contributed by atoms with E-state index in [-0.39, 0.29) is 43.6 Å². The Morgan fingerprint density at radius 1 is 0.879 bits per heavy atom. The number of rotatable bonds is 13. The lowest BCUT2D eigenvalue weighted by Gasteiger charge is -2.39. The zero-order chi connectivity index (χ0) is 40.8. The van der Waals surface area contributed by atoms with Gasteiger partial charge in [0.2, 0.25) is 17.6 Å². The molecule has 3 heterocycles. The molecule has 308 valence electrons. The number of benzene rings is 3. The lowest BCUT2D eigenvalue weighted by Crippen LogP contribution is -2.59. The molecule has 3 saturated heterocycles. The minimum absolute atomic E-state index is 0.00546. The van der Waals surface area contributed by atoms with Gasteiger partial charge in [0, 0.05) is 36.2 Å². The SMILES string of the molecule is O=C(OC1CC(C(=O)N2CCCC2C(=O)NCCO)=CC2OC(c3ccccc3)(c3ccccc3)OC21)c1ccc(C=CCOC2OC(CO)C(O)C(O)C2O)cc1. The number of aliphatic hydroxyl groups excluding tert-OH is 5. The van der Waals surface area contributed by atoms with Crippen LogP contribution in [0, 0.1) is 0 Å². The van der Waals surface area contributed by atoms with E-state index >= 15 is 0 Å². The number of nitrogens with one attached hydrogen (secondary N) is 1. The fourth-order valence-electron chi connectivity index (χ4n) is 7.82. The highest BCUT2D eigenvalue weighted by molar-refractivity contribution is 5.98. The molecule has 1 aliphatic carbocycles. The molecule has 9 unspecified atom stereocenters. The highest BCUT2D eigenvalue weighted by atomic mass is 16.8. The van der Waals surface area contributed by atoms with Crippen molar-refractivity contribution in [2.24, 2.45) is 0 Å². The number of carbonyl (C=O) groups excluding carboxylic acids is 3. The van der Waals surface area contributed by atoms with Gasteiger partial charge < -0.3 is 59.4 Å². The third-order valence-corrected chi connectivity index (χ3v) is 10.8. The Hall–Kier alpha value is -4.81. The van der Waals surface area contributed by atoms with Gasteiger partial charge in [-0.05, 0) is 36.6 Å². The number of fused-ring (bicyclic) bond motifs is 1. The Balaban J connectivity index is 1.09. The number of hydrogen-bond acceptors (Lipinski definition) is 13. The molecule has 0 aromatic heterocycles. The van der Waals surface area contributed by atoms with E-state index in [1.807, 2.05) is 60.7 Å². The predicted molar refractivity (Wildman–Crippen MR) is 205 cm³/mol. The third-order valence-electron chi connectivity index (χ3n) is 10.8. The fraction of sp³-hybridized carbons (Fsp3) is 0.419. The Bertz CT molecular complexity index is 1900. The summed E-state index contributed by atoms with van der Waals surface area (Å²) in [6.45, 7) is -0.389. The normalized spacial score (nSPS) is 29.2. The van der Waals surface area contributed by atoms with Crippen molar-refractivity contribution < 1.29 is 63.6 Å². The Morgan fingerprint density at radius 2 is 1.57 bits per heavy atom. The molecule has 3 fully saturated rings. The summed E-state index contributed by atoms with van der Waals surface area (Å²) in [7, 11) is 0. The standard InChI is InChI=1S/C43H48N2O13/c46-21-19-44-39(51)31-14-7-20-45(31)40(52)28-23-32(38-33(24-28)57-43(58-38,29-10-3-1-4-11-29)30-12-5-2-6-13-30)55-41(53)27-17-15-26(16-18-27)9-8-22-54-42-37(50)36(49)35(48)34(25-47)56-42/h1-6,8-13,15-18,24,31-38,42,46-50H,7,14,19-23,25H2,(H,44,51). The van der Waals surface area contributed by atoms with E-state index in [0.717, 1.165) is 0 Å². The second kappa shape index (κ2) is 18.4. The summed E-state index contributed by atoms with van der Waals surface area (Å²) in [5.74, 6) is -2.75. The van der Waals surface area contributed by atoms with Gasteiger partial charge in [0.15, 0.2) is 6.29 Å². The predicted octanol–water partition coefficient (Wildman–Crippen LogP) is 1.16. The molecular formula is C43H48N2O13. The maximum Gasteiger partial charge on any atom is 0.338 e. The molecule has 0 spiro atoms. The molecule has 58 heavy (non-hydrogen) atoms. The van der Waals surface area contributed by atoms with Gasteiger partial charge >= 0.3 is 5.97 Å². The third kappa shape index (κ3) is 8.64. The number of nitrogens with zero attached hydrogens (tertiary/aromatic N) is 1. The largest absolute Gasteiger partial charge is 0.456 e. The number of hydrogen-bond donors (Lipinski definition) is 6. The van der Waals surface area contributed by atoms with E-state index in [1.54, 1.807) is 42.5 Å². The van der Waals surface area contributed by atoms with Crippen molar-refractivity contribution in [3.05, 3.63) is 125 Å². The number of aliphatic hydroxyl groups is 5. The molecule has 3 aromatic rings. The first-order chi connectivity index (χ1) is 28.1. The smallest absolute Gasteiger partial charge is 0.338 e. The summed E-state index contributed by atoms with van der Waals surface area (Å²) in [5.41, 5.74) is 2.69. The molecule has 3 aliphatic heterocycles. The van der Waals surface area contributed by atoms with Crippen LogP contribution in [0.1, 0.15) is 46.3 Å². The molecule has 6 N–H and O–H groups in total. The second-order valence-corrected chi connectivity index (χ2v) is 14.6. The maximum atomic E-state index is 14.2. The topological polar surface area (TPSA) is 214 Å². The van der Waals surface area contributed by atoms with Crippen molar-refractivity contribution in [2.45, 2.75) is 80.1 Å². The van der Waals surface area contributed by atoms with Crippen molar-refractivity contribution in [1.29, 1.82) is 0 Å². The van der Waals surface area contributed by atoms with Gasteiger partial charge in [-0.15, -0.1) is 0 Å². The molecule has 3 aromatic carbocycles. The van der Waals surface area contributed by atoms with E-state index in [9.17, 15) is 39.9 Å². The minimum atomic E-state index is -1.55. The van der Waals surface area contributed by atoms with E-state index in [4.69, 9.17) is 23.7 Å². The zero-order valence-electron chi connectivity index (χ0n) is 31.6. The van der Waals surface area contributed by atoms with Crippen molar-refractivity contribution in [1.82, 2.24) is 10.2 Å². The molecule has 2 amide bonds. The van der Waals surface area contributed by atoms with E-state index in [0.29, 0.717) is 41.6 Å². The van der Waals surface area contributed by atoms with Crippen LogP contribution in [0.2, 0.25) is 0 Å². The van der Waals surface area contributed by atoms with Crippen LogP contribution < -0.4 is 5.32 Å². The molecule has 9 atom stereocenters. The number of esters is 1. The van der Waals surface area contributed by atoms with Crippen LogP contribution in [-0.2, 0) is 39.1 Å². The number of amides is 2. The first kappa shape index (κ1) is 41.4. The molecule has 0 bridgehead atoms. The Labute approximate surface area is 335 Å². The van der Waals surface area contributed by atoms with Gasteiger partial charge in [-0.2, -0.15) is 0 Å². The monoisotopic (exact) mass is 800 g/mol. The number of ether oxygens (including phenoxy) is 5. The summed E-state index contributed by atoms with van der Waals surface area (Å²) in [6.07, 6.45) is -3.33. The molecule has 15 heteroatoms. The van der Waals surface area contributed by atoms with Gasteiger partial charge in [0.1, 0.15) is 48.8 Å².